The minimum Gasteiger partial charge on any atom is -0.460 e. The van der Waals surface area contributed by atoms with Crippen LogP contribution < -0.4 is 11.0 Å². The van der Waals surface area contributed by atoms with Gasteiger partial charge in [-0.15, -0.1) is 0 Å². The summed E-state index contributed by atoms with van der Waals surface area (Å²) in [5, 5.41) is 9.11. The van der Waals surface area contributed by atoms with Crippen molar-refractivity contribution in [1.29, 1.82) is 0 Å². The van der Waals surface area contributed by atoms with Crippen LogP contribution >= 0.6 is 0 Å². The van der Waals surface area contributed by atoms with Gasteiger partial charge in [0, 0.05) is 17.8 Å². The maximum Gasteiger partial charge on any atom is 0.292 e. The second kappa shape index (κ2) is 6.83. The molecule has 1 fully saturated rings. The van der Waals surface area contributed by atoms with Gasteiger partial charge in [0.1, 0.15) is 11.5 Å². The molecular weight excluding hydrogens is 344 g/mol. The molecule has 0 spiro atoms. The number of carbonyl (C=O) groups excluding carboxylic acids is 1. The fourth-order valence-electron chi connectivity index (χ4n) is 3.18. The Labute approximate surface area is 155 Å². The molecule has 7 heteroatoms. The number of aryl methyl sites for hydroxylation is 1. The molecule has 3 aromatic rings. The van der Waals surface area contributed by atoms with E-state index in [2.05, 4.69) is 22.5 Å². The number of amides is 1. The average molecular weight is 364 g/mol. The van der Waals surface area contributed by atoms with E-state index in [1.54, 1.807) is 31.2 Å². The number of furan rings is 1. The van der Waals surface area contributed by atoms with Crippen molar-refractivity contribution in [2.75, 3.05) is 0 Å². The molecule has 2 atom stereocenters. The molecule has 1 aromatic carbocycles. The summed E-state index contributed by atoms with van der Waals surface area (Å²) in [5.74, 6) is 2.22. The molecule has 1 aliphatic rings. The van der Waals surface area contributed by atoms with Gasteiger partial charge >= 0.3 is 0 Å². The van der Waals surface area contributed by atoms with Crippen LogP contribution in [0.4, 0.5) is 0 Å². The maximum absolute atomic E-state index is 12.6. The predicted octanol–water partition coefficient (Wildman–Crippen LogP) is 2.90. The highest BCUT2D eigenvalue weighted by atomic mass is 16.3. The first-order valence-electron chi connectivity index (χ1n) is 9.01. The number of aromatic nitrogens is 2. The molecule has 138 valence electrons. The molecule has 0 saturated heterocycles. The summed E-state index contributed by atoms with van der Waals surface area (Å²) in [7, 11) is 0. The van der Waals surface area contributed by atoms with Crippen LogP contribution in [0.5, 0.6) is 0 Å². The summed E-state index contributed by atoms with van der Waals surface area (Å²) < 4.78 is 7.00. The third-order valence-corrected chi connectivity index (χ3v) is 4.86. The van der Waals surface area contributed by atoms with Crippen LogP contribution in [0.2, 0.25) is 0 Å². The number of nitrogens with one attached hydrogen (secondary N) is 1. The lowest BCUT2D eigenvalue weighted by Gasteiger charge is -2.08. The fraction of sp³-hybridized carbons (Fsp3) is 0.300. The Balaban J connectivity index is 1.55. The van der Waals surface area contributed by atoms with Crippen LogP contribution in [0, 0.1) is 5.92 Å². The van der Waals surface area contributed by atoms with Crippen LogP contribution in [-0.4, -0.2) is 21.9 Å². The van der Waals surface area contributed by atoms with Crippen molar-refractivity contribution in [3.05, 3.63) is 64.0 Å². The van der Waals surface area contributed by atoms with Crippen LogP contribution in [0.3, 0.4) is 0 Å². The van der Waals surface area contributed by atoms with Crippen molar-refractivity contribution in [2.45, 2.75) is 32.7 Å². The Morgan fingerprint density at radius 1 is 1.33 bits per heavy atom. The van der Waals surface area contributed by atoms with Crippen molar-refractivity contribution in [1.82, 2.24) is 15.2 Å². The number of fused-ring (bicyclic) bond motifs is 1. The second-order valence-electron chi connectivity index (χ2n) is 6.77. The van der Waals surface area contributed by atoms with E-state index in [1.807, 2.05) is 12.1 Å². The second-order valence-corrected chi connectivity index (χ2v) is 6.77. The van der Waals surface area contributed by atoms with E-state index in [0.29, 0.717) is 34.9 Å². The van der Waals surface area contributed by atoms with Gasteiger partial charge < -0.3 is 4.42 Å². The Morgan fingerprint density at radius 3 is 2.78 bits per heavy atom. The lowest BCUT2D eigenvalue weighted by molar-refractivity contribution is 0.0949. The first-order valence-corrected chi connectivity index (χ1v) is 9.01. The molecule has 0 aliphatic heterocycles. The van der Waals surface area contributed by atoms with Crippen molar-refractivity contribution in [3.63, 3.8) is 0 Å². The molecule has 7 nitrogen and oxygen atoms in total. The van der Waals surface area contributed by atoms with Gasteiger partial charge in [0.25, 0.3) is 11.5 Å². The molecule has 1 aliphatic carbocycles. The summed E-state index contributed by atoms with van der Waals surface area (Å²) in [6, 6.07) is 10.7. The average Bonchev–Trinajstić information content (AvgIpc) is 3.22. The van der Waals surface area contributed by atoms with E-state index >= 15 is 0 Å². The first-order chi connectivity index (χ1) is 13.1. The molecule has 0 radical (unpaired) electrons. The highest BCUT2D eigenvalue weighted by Crippen LogP contribution is 2.47. The molecule has 27 heavy (non-hydrogen) atoms. The number of hydrogen-bond donors (Lipinski definition) is 1. The standard InChI is InChI=1S/C20H20N4O3/c1-3-24-20(26)15-7-5-4-6-14(15)18(23-24)19(25)22-21-11-13-8-9-17(27-13)16-10-12(16)2/h4-9,11-12,16H,3,10H2,1-2H3,(H,22,25)/b21-11-/t12-,16+/m0/s1. The summed E-state index contributed by atoms with van der Waals surface area (Å²) in [6.07, 6.45) is 2.61. The van der Waals surface area contributed by atoms with Crippen molar-refractivity contribution >= 4 is 22.9 Å². The lowest BCUT2D eigenvalue weighted by Crippen LogP contribution is -2.28. The molecular formula is C20H20N4O3. The van der Waals surface area contributed by atoms with E-state index in [4.69, 9.17) is 4.42 Å². The zero-order chi connectivity index (χ0) is 19.0. The third kappa shape index (κ3) is 3.28. The first kappa shape index (κ1) is 17.2. The van der Waals surface area contributed by atoms with Crippen molar-refractivity contribution < 1.29 is 9.21 Å². The van der Waals surface area contributed by atoms with Gasteiger partial charge in [-0.1, -0.05) is 25.1 Å². The smallest absolute Gasteiger partial charge is 0.292 e. The highest BCUT2D eigenvalue weighted by Gasteiger charge is 2.36. The normalized spacial score (nSPS) is 18.9. The maximum atomic E-state index is 12.6. The van der Waals surface area contributed by atoms with Gasteiger partial charge in [-0.3, -0.25) is 9.59 Å². The van der Waals surface area contributed by atoms with Crippen LogP contribution in [-0.2, 0) is 6.54 Å². The van der Waals surface area contributed by atoms with Gasteiger partial charge in [-0.25, -0.2) is 10.1 Å². The van der Waals surface area contributed by atoms with Gasteiger partial charge in [-0.05, 0) is 37.5 Å². The van der Waals surface area contributed by atoms with Crippen LogP contribution in [0.25, 0.3) is 10.8 Å². The molecule has 0 bridgehead atoms. The van der Waals surface area contributed by atoms with Gasteiger partial charge in [-0.2, -0.15) is 10.2 Å². The largest absolute Gasteiger partial charge is 0.460 e. The summed E-state index contributed by atoms with van der Waals surface area (Å²) in [4.78, 5) is 24.9. The highest BCUT2D eigenvalue weighted by molar-refractivity contribution is 6.04. The molecule has 4 rings (SSSR count). The van der Waals surface area contributed by atoms with Crippen LogP contribution in [0.1, 0.15) is 48.2 Å². The Hall–Kier alpha value is -3.22. The molecule has 1 N–H and O–H groups in total. The summed E-state index contributed by atoms with van der Waals surface area (Å²) in [5.41, 5.74) is 2.41. The number of benzene rings is 1. The topological polar surface area (TPSA) is 89.5 Å². The monoisotopic (exact) mass is 364 g/mol. The van der Waals surface area contributed by atoms with E-state index in [-0.39, 0.29) is 11.3 Å². The van der Waals surface area contributed by atoms with Crippen molar-refractivity contribution in [3.8, 4) is 0 Å². The lowest BCUT2D eigenvalue weighted by atomic mass is 10.1. The Kier molecular flexibility index (Phi) is 4.35. The van der Waals surface area contributed by atoms with E-state index in [1.165, 1.54) is 10.9 Å². The van der Waals surface area contributed by atoms with E-state index in [9.17, 15) is 9.59 Å². The van der Waals surface area contributed by atoms with Crippen LogP contribution in [0.15, 0.2) is 50.7 Å². The summed E-state index contributed by atoms with van der Waals surface area (Å²) >= 11 is 0. The Bertz CT molecular complexity index is 1100. The Morgan fingerprint density at radius 2 is 2.07 bits per heavy atom. The number of rotatable bonds is 5. The van der Waals surface area contributed by atoms with Gasteiger partial charge in [0.2, 0.25) is 0 Å². The zero-order valence-corrected chi connectivity index (χ0v) is 15.2. The van der Waals surface area contributed by atoms with Crippen molar-refractivity contribution in [2.24, 2.45) is 11.0 Å². The SMILES string of the molecule is CCn1nc(C(=O)N/N=C\c2ccc([C@@H]3C[C@@H]3C)o2)c2ccccc2c1=O. The number of nitrogens with zero attached hydrogens (tertiary/aromatic N) is 3. The molecule has 2 heterocycles. The predicted molar refractivity (Wildman–Crippen MR) is 102 cm³/mol. The number of carbonyl (C=O) groups is 1. The third-order valence-electron chi connectivity index (χ3n) is 4.86. The molecule has 1 amide bonds. The quantitative estimate of drug-likeness (QED) is 0.557. The minimum atomic E-state index is -0.479. The zero-order valence-electron chi connectivity index (χ0n) is 15.2. The number of hydrogen-bond acceptors (Lipinski definition) is 5. The van der Waals surface area contributed by atoms with Gasteiger partial charge in [0.05, 0.1) is 11.6 Å². The molecule has 2 aromatic heterocycles. The van der Waals surface area contributed by atoms with Gasteiger partial charge in [0.15, 0.2) is 5.69 Å². The molecule has 1 saturated carbocycles. The fourth-order valence-corrected chi connectivity index (χ4v) is 3.18. The summed E-state index contributed by atoms with van der Waals surface area (Å²) in [6.45, 7) is 4.37. The van der Waals surface area contributed by atoms with E-state index in [0.717, 1.165) is 12.2 Å². The number of hydrazone groups is 1. The minimum absolute atomic E-state index is 0.163. The van der Waals surface area contributed by atoms with E-state index < -0.39 is 5.91 Å². The molecule has 0 unspecified atom stereocenters.